The first-order valence-electron chi connectivity index (χ1n) is 4.56. The molecule has 0 radical (unpaired) electrons. The molecule has 1 aliphatic heterocycles. The van der Waals surface area contributed by atoms with Gasteiger partial charge in [-0.2, -0.15) is 0 Å². The topological polar surface area (TPSA) is 12.0 Å². The van der Waals surface area contributed by atoms with Crippen molar-refractivity contribution >= 4 is 0 Å². The molecule has 0 aromatic rings. The molecule has 1 fully saturated rings. The van der Waals surface area contributed by atoms with E-state index in [1.807, 2.05) is 0 Å². The van der Waals surface area contributed by atoms with Gasteiger partial charge in [0, 0.05) is 6.04 Å². The van der Waals surface area contributed by atoms with Crippen LogP contribution in [0.4, 0.5) is 0 Å². The van der Waals surface area contributed by atoms with E-state index in [1.54, 1.807) is 0 Å². The van der Waals surface area contributed by atoms with Gasteiger partial charge in [-0.15, -0.1) is 0 Å². The molecule has 1 N–H and O–H groups in total. The number of hydrogen-bond donors (Lipinski definition) is 1. The van der Waals surface area contributed by atoms with Crippen molar-refractivity contribution < 1.29 is 0 Å². The van der Waals surface area contributed by atoms with Crippen molar-refractivity contribution in [2.24, 2.45) is 5.92 Å². The predicted octanol–water partition coefficient (Wildman–Crippen LogP) is 2.17. The van der Waals surface area contributed by atoms with E-state index in [0.29, 0.717) is 0 Å². The minimum Gasteiger partial charge on any atom is -0.314 e. The lowest BCUT2D eigenvalue weighted by atomic mass is 9.99. The lowest BCUT2D eigenvalue weighted by Crippen LogP contribution is -2.23. The molecule has 0 bridgehead atoms. The van der Waals surface area contributed by atoms with Gasteiger partial charge in [0.05, 0.1) is 0 Å². The molecule has 0 amide bonds. The first-order chi connectivity index (χ1) is 4.83. The second-order valence-electron chi connectivity index (χ2n) is 3.54. The summed E-state index contributed by atoms with van der Waals surface area (Å²) < 4.78 is 0. The fourth-order valence-electron chi connectivity index (χ4n) is 1.61. The van der Waals surface area contributed by atoms with Crippen LogP contribution in [0, 0.1) is 5.92 Å². The maximum absolute atomic E-state index is 3.52. The lowest BCUT2D eigenvalue weighted by molar-refractivity contribution is 0.428. The molecule has 0 aromatic carbocycles. The first kappa shape index (κ1) is 8.06. The molecule has 1 heteroatoms. The number of rotatable bonds is 3. The molecule has 10 heavy (non-hydrogen) atoms. The van der Waals surface area contributed by atoms with Crippen LogP contribution in [0.3, 0.4) is 0 Å². The van der Waals surface area contributed by atoms with Crippen LogP contribution in [-0.2, 0) is 0 Å². The Kier molecular flexibility index (Phi) is 3.20. The van der Waals surface area contributed by atoms with Crippen molar-refractivity contribution in [2.45, 2.75) is 45.6 Å². The Balaban J connectivity index is 2.11. The molecule has 0 aliphatic carbocycles. The summed E-state index contributed by atoms with van der Waals surface area (Å²) in [6.45, 7) is 5.88. The monoisotopic (exact) mass is 141 g/mol. The molecule has 60 valence electrons. The van der Waals surface area contributed by atoms with Gasteiger partial charge < -0.3 is 5.32 Å². The highest BCUT2D eigenvalue weighted by Gasteiger charge is 2.15. The van der Waals surface area contributed by atoms with Crippen molar-refractivity contribution in [2.75, 3.05) is 6.54 Å². The van der Waals surface area contributed by atoms with Gasteiger partial charge in [-0.1, -0.05) is 20.3 Å². The highest BCUT2D eigenvalue weighted by Crippen LogP contribution is 2.16. The van der Waals surface area contributed by atoms with Crippen LogP contribution in [-0.4, -0.2) is 12.6 Å². The van der Waals surface area contributed by atoms with Gasteiger partial charge in [0.1, 0.15) is 0 Å². The number of hydrogen-bond acceptors (Lipinski definition) is 1. The molecule has 1 unspecified atom stereocenters. The van der Waals surface area contributed by atoms with Crippen molar-refractivity contribution in [1.82, 2.24) is 5.32 Å². The third kappa shape index (κ3) is 2.30. The normalized spacial score (nSPS) is 28.8. The van der Waals surface area contributed by atoms with E-state index in [0.717, 1.165) is 12.0 Å². The minimum atomic E-state index is 0.843. The standard InChI is InChI=1S/C9H19N/c1-3-8(2)7-9-5-4-6-10-9/h8-10H,3-7H2,1-2H3/t8?,9-/m1/s1. The fourth-order valence-corrected chi connectivity index (χ4v) is 1.61. The molecule has 0 spiro atoms. The smallest absolute Gasteiger partial charge is 0.00700 e. The van der Waals surface area contributed by atoms with Gasteiger partial charge in [-0.05, 0) is 31.7 Å². The number of nitrogens with one attached hydrogen (secondary N) is 1. The highest BCUT2D eigenvalue weighted by atomic mass is 14.9. The minimum absolute atomic E-state index is 0.843. The van der Waals surface area contributed by atoms with Gasteiger partial charge >= 0.3 is 0 Å². The molecule has 1 saturated heterocycles. The summed E-state index contributed by atoms with van der Waals surface area (Å²) in [5.41, 5.74) is 0. The van der Waals surface area contributed by atoms with Gasteiger partial charge in [0.2, 0.25) is 0 Å². The molecule has 0 saturated carbocycles. The Morgan fingerprint density at radius 1 is 1.60 bits per heavy atom. The summed E-state index contributed by atoms with van der Waals surface area (Å²) in [6, 6.07) is 0.843. The summed E-state index contributed by atoms with van der Waals surface area (Å²) >= 11 is 0. The van der Waals surface area contributed by atoms with E-state index in [1.165, 1.54) is 32.2 Å². The zero-order valence-electron chi connectivity index (χ0n) is 7.19. The third-order valence-electron chi connectivity index (χ3n) is 2.55. The Morgan fingerprint density at radius 3 is 2.90 bits per heavy atom. The summed E-state index contributed by atoms with van der Waals surface area (Å²) in [7, 11) is 0. The van der Waals surface area contributed by atoms with Crippen molar-refractivity contribution in [3.8, 4) is 0 Å². The highest BCUT2D eigenvalue weighted by molar-refractivity contribution is 4.75. The van der Waals surface area contributed by atoms with Crippen molar-refractivity contribution in [3.05, 3.63) is 0 Å². The third-order valence-corrected chi connectivity index (χ3v) is 2.55. The average molecular weight is 141 g/mol. The predicted molar refractivity (Wildman–Crippen MR) is 45.1 cm³/mol. The van der Waals surface area contributed by atoms with Gasteiger partial charge in [0.25, 0.3) is 0 Å². The van der Waals surface area contributed by atoms with Crippen LogP contribution in [0.25, 0.3) is 0 Å². The van der Waals surface area contributed by atoms with Gasteiger partial charge in [0.15, 0.2) is 0 Å². The summed E-state index contributed by atoms with van der Waals surface area (Å²) in [4.78, 5) is 0. The Bertz CT molecular complexity index is 84.7. The van der Waals surface area contributed by atoms with Crippen LogP contribution >= 0.6 is 0 Å². The van der Waals surface area contributed by atoms with E-state index in [2.05, 4.69) is 19.2 Å². The summed E-state index contributed by atoms with van der Waals surface area (Å²) in [6.07, 6.45) is 5.51. The van der Waals surface area contributed by atoms with E-state index < -0.39 is 0 Å². The Labute approximate surface area is 64.2 Å². The zero-order chi connectivity index (χ0) is 7.40. The average Bonchev–Trinajstić information content (AvgIpc) is 2.40. The van der Waals surface area contributed by atoms with E-state index in [-0.39, 0.29) is 0 Å². The van der Waals surface area contributed by atoms with E-state index in [4.69, 9.17) is 0 Å². The van der Waals surface area contributed by atoms with E-state index >= 15 is 0 Å². The quantitative estimate of drug-likeness (QED) is 0.635. The lowest BCUT2D eigenvalue weighted by Gasteiger charge is -2.14. The van der Waals surface area contributed by atoms with Crippen LogP contribution in [0.2, 0.25) is 0 Å². The molecule has 0 aromatic heterocycles. The summed E-state index contributed by atoms with van der Waals surface area (Å²) in [5.74, 6) is 0.913. The van der Waals surface area contributed by atoms with Crippen LogP contribution < -0.4 is 5.32 Å². The Hall–Kier alpha value is -0.0400. The van der Waals surface area contributed by atoms with Crippen molar-refractivity contribution in [1.29, 1.82) is 0 Å². The molecule has 1 heterocycles. The van der Waals surface area contributed by atoms with Crippen LogP contribution in [0.5, 0.6) is 0 Å². The van der Waals surface area contributed by atoms with Gasteiger partial charge in [-0.3, -0.25) is 0 Å². The molecule has 1 aliphatic rings. The van der Waals surface area contributed by atoms with Gasteiger partial charge in [-0.25, -0.2) is 0 Å². The van der Waals surface area contributed by atoms with Crippen LogP contribution in [0.15, 0.2) is 0 Å². The maximum atomic E-state index is 3.52. The second kappa shape index (κ2) is 3.97. The first-order valence-corrected chi connectivity index (χ1v) is 4.56. The molecule has 1 nitrogen and oxygen atoms in total. The van der Waals surface area contributed by atoms with E-state index in [9.17, 15) is 0 Å². The zero-order valence-corrected chi connectivity index (χ0v) is 7.19. The van der Waals surface area contributed by atoms with Crippen molar-refractivity contribution in [3.63, 3.8) is 0 Å². The molecule has 2 atom stereocenters. The Morgan fingerprint density at radius 2 is 2.40 bits per heavy atom. The maximum Gasteiger partial charge on any atom is 0.00700 e. The fraction of sp³-hybridized carbons (Fsp3) is 1.00. The SMILES string of the molecule is CCC(C)C[C@H]1CCCN1. The molecular weight excluding hydrogens is 122 g/mol. The largest absolute Gasteiger partial charge is 0.314 e. The summed E-state index contributed by atoms with van der Waals surface area (Å²) in [5, 5.41) is 3.52. The van der Waals surface area contributed by atoms with Crippen LogP contribution in [0.1, 0.15) is 39.5 Å². The second-order valence-corrected chi connectivity index (χ2v) is 3.54. The molecular formula is C9H19N. The molecule has 1 rings (SSSR count).